The summed E-state index contributed by atoms with van der Waals surface area (Å²) in [4.78, 5) is 25.3. The van der Waals surface area contributed by atoms with Gasteiger partial charge in [0.05, 0.1) is 28.4 Å². The molecule has 1 aromatic rings. The van der Waals surface area contributed by atoms with Gasteiger partial charge in [0.15, 0.2) is 5.60 Å². The van der Waals surface area contributed by atoms with Crippen LogP contribution in [0.2, 0.25) is 0 Å². The Balaban J connectivity index is 1.34. The van der Waals surface area contributed by atoms with E-state index >= 15 is 0 Å². The van der Waals surface area contributed by atoms with Crippen LogP contribution in [-0.4, -0.2) is 59.3 Å². The Morgan fingerprint density at radius 1 is 1.39 bits per heavy atom. The molecule has 8 heteroatoms. The van der Waals surface area contributed by atoms with Crippen LogP contribution in [0, 0.1) is 0 Å². The lowest BCUT2D eigenvalue weighted by atomic mass is 9.95. The van der Waals surface area contributed by atoms with E-state index in [0.29, 0.717) is 24.3 Å². The number of halogens is 1. The molecule has 3 aliphatic rings. The minimum atomic E-state index is -0.552. The Hall–Kier alpha value is -1.99. The largest absolute Gasteiger partial charge is 0.387 e. The van der Waals surface area contributed by atoms with E-state index in [0.717, 1.165) is 35.8 Å². The van der Waals surface area contributed by atoms with Gasteiger partial charge in [-0.15, -0.1) is 23.4 Å². The molecule has 0 spiro atoms. The van der Waals surface area contributed by atoms with E-state index in [1.807, 2.05) is 13.0 Å². The Kier molecular flexibility index (Phi) is 5.38. The van der Waals surface area contributed by atoms with Crippen LogP contribution in [0.25, 0.3) is 0 Å². The lowest BCUT2D eigenvalue weighted by Crippen LogP contribution is -2.41. The summed E-state index contributed by atoms with van der Waals surface area (Å²) in [5.74, 6) is 0.930. The first-order valence-corrected chi connectivity index (χ1v) is 10.7. The lowest BCUT2D eigenvalue weighted by Gasteiger charge is -2.22. The molecule has 0 fully saturated rings. The topological polar surface area (TPSA) is 66.3 Å². The number of carbonyl (C=O) groups excluding carboxylic acids is 1. The van der Waals surface area contributed by atoms with E-state index in [-0.39, 0.29) is 10.6 Å². The number of aliphatic imine (C=N–C) groups is 1. The molecule has 0 aliphatic carbocycles. The summed E-state index contributed by atoms with van der Waals surface area (Å²) in [5, 5.41) is 7.22. The summed E-state index contributed by atoms with van der Waals surface area (Å²) in [5.41, 5.74) is 2.47. The standard InChI is InChI=1S/C20H23ClN4O2S/c1-20(12-23-19(26)16-7-8-17(21)28-16)11-15(24-27-20)13-3-5-14(6-4-13)18-22-9-10-25(18)2/h3-7,17H,8-12H2,1-2H3,(H,23,26). The Labute approximate surface area is 174 Å². The zero-order valence-corrected chi connectivity index (χ0v) is 17.5. The van der Waals surface area contributed by atoms with Gasteiger partial charge in [-0.2, -0.15) is 0 Å². The number of hydrogen-bond acceptors (Lipinski definition) is 6. The molecule has 3 aliphatic heterocycles. The molecule has 148 valence electrons. The molecule has 2 atom stereocenters. The minimum Gasteiger partial charge on any atom is -0.387 e. The van der Waals surface area contributed by atoms with E-state index in [1.165, 1.54) is 11.8 Å². The maximum atomic E-state index is 12.3. The van der Waals surface area contributed by atoms with Gasteiger partial charge in [-0.05, 0) is 18.9 Å². The third-order valence-corrected chi connectivity index (χ3v) is 6.54. The molecule has 3 heterocycles. The highest BCUT2D eigenvalue weighted by Gasteiger charge is 2.36. The van der Waals surface area contributed by atoms with Gasteiger partial charge >= 0.3 is 0 Å². The number of nitrogens with one attached hydrogen (secondary N) is 1. The normalized spacial score (nSPS) is 26.6. The molecule has 0 saturated heterocycles. The zero-order valence-electron chi connectivity index (χ0n) is 15.9. The summed E-state index contributed by atoms with van der Waals surface area (Å²) < 4.78 is -0.0491. The van der Waals surface area contributed by atoms with Crippen LogP contribution in [0.4, 0.5) is 0 Å². The average molecular weight is 419 g/mol. The number of alkyl halides is 1. The fourth-order valence-corrected chi connectivity index (χ4v) is 4.64. The molecule has 28 heavy (non-hydrogen) atoms. The van der Waals surface area contributed by atoms with E-state index in [2.05, 4.69) is 51.7 Å². The molecular weight excluding hydrogens is 396 g/mol. The number of oxime groups is 1. The van der Waals surface area contributed by atoms with Crippen LogP contribution in [0.1, 0.15) is 30.9 Å². The van der Waals surface area contributed by atoms with Crippen molar-refractivity contribution in [2.45, 2.75) is 30.1 Å². The molecule has 6 nitrogen and oxygen atoms in total. The number of amides is 1. The first kappa shape index (κ1) is 19.3. The smallest absolute Gasteiger partial charge is 0.257 e. The van der Waals surface area contributed by atoms with Crippen molar-refractivity contribution in [1.29, 1.82) is 0 Å². The molecule has 0 bridgehead atoms. The fraction of sp³-hybridized carbons (Fsp3) is 0.450. The van der Waals surface area contributed by atoms with Crippen molar-refractivity contribution in [3.8, 4) is 0 Å². The number of amidine groups is 1. The van der Waals surface area contributed by atoms with E-state index in [9.17, 15) is 4.79 Å². The maximum absolute atomic E-state index is 12.3. The third kappa shape index (κ3) is 4.05. The molecule has 0 saturated carbocycles. The fourth-order valence-electron chi connectivity index (χ4n) is 3.42. The molecule has 2 unspecified atom stereocenters. The molecule has 1 amide bonds. The van der Waals surface area contributed by atoms with Crippen LogP contribution in [0.5, 0.6) is 0 Å². The SMILES string of the molecule is CN1CCN=C1c1ccc(C2=NOC(C)(CNC(=O)C3=CCC(Cl)S3)C2)cc1. The van der Waals surface area contributed by atoms with Gasteiger partial charge in [-0.3, -0.25) is 9.79 Å². The molecule has 1 aromatic carbocycles. The van der Waals surface area contributed by atoms with Gasteiger partial charge in [-0.25, -0.2) is 0 Å². The van der Waals surface area contributed by atoms with Gasteiger partial charge in [0, 0.05) is 25.6 Å². The summed E-state index contributed by atoms with van der Waals surface area (Å²) in [6.07, 6.45) is 3.23. The van der Waals surface area contributed by atoms with Crippen molar-refractivity contribution < 1.29 is 9.63 Å². The molecule has 4 rings (SSSR count). The van der Waals surface area contributed by atoms with Crippen molar-refractivity contribution in [2.24, 2.45) is 10.1 Å². The van der Waals surface area contributed by atoms with E-state index < -0.39 is 5.60 Å². The van der Waals surface area contributed by atoms with Crippen molar-refractivity contribution in [3.05, 3.63) is 46.4 Å². The van der Waals surface area contributed by atoms with Crippen LogP contribution >= 0.6 is 23.4 Å². The van der Waals surface area contributed by atoms with E-state index in [1.54, 1.807) is 0 Å². The predicted molar refractivity (Wildman–Crippen MR) is 114 cm³/mol. The van der Waals surface area contributed by atoms with Crippen molar-refractivity contribution in [1.82, 2.24) is 10.2 Å². The van der Waals surface area contributed by atoms with Crippen molar-refractivity contribution in [2.75, 3.05) is 26.7 Å². The second-order valence-electron chi connectivity index (χ2n) is 7.47. The number of hydrogen-bond donors (Lipinski definition) is 1. The van der Waals surface area contributed by atoms with Crippen molar-refractivity contribution >= 4 is 40.8 Å². The predicted octanol–water partition coefficient (Wildman–Crippen LogP) is 2.96. The molecule has 1 N–H and O–H groups in total. The van der Waals surface area contributed by atoms with Gasteiger partial charge in [-0.1, -0.05) is 35.5 Å². The highest BCUT2D eigenvalue weighted by atomic mass is 35.5. The number of allylic oxidation sites excluding steroid dienone is 1. The van der Waals surface area contributed by atoms with Crippen molar-refractivity contribution in [3.63, 3.8) is 0 Å². The molecule has 0 aromatic heterocycles. The minimum absolute atomic E-state index is 0.0491. The quantitative estimate of drug-likeness (QED) is 0.746. The number of carbonyl (C=O) groups is 1. The Morgan fingerprint density at radius 3 is 2.79 bits per heavy atom. The molecular formula is C20H23ClN4O2S. The molecule has 0 radical (unpaired) electrons. The number of rotatable bonds is 5. The maximum Gasteiger partial charge on any atom is 0.257 e. The Morgan fingerprint density at radius 2 is 2.14 bits per heavy atom. The van der Waals surface area contributed by atoms with Crippen LogP contribution in [0.15, 0.2) is 45.4 Å². The zero-order chi connectivity index (χ0) is 19.7. The first-order valence-electron chi connectivity index (χ1n) is 9.34. The summed E-state index contributed by atoms with van der Waals surface area (Å²) >= 11 is 7.43. The third-order valence-electron chi connectivity index (χ3n) is 5.04. The lowest BCUT2D eigenvalue weighted by molar-refractivity contribution is -0.118. The van der Waals surface area contributed by atoms with Gasteiger partial charge in [0.25, 0.3) is 5.91 Å². The Bertz CT molecular complexity index is 867. The summed E-state index contributed by atoms with van der Waals surface area (Å²) in [6, 6.07) is 8.25. The van der Waals surface area contributed by atoms with Crippen LogP contribution in [-0.2, 0) is 9.63 Å². The highest BCUT2D eigenvalue weighted by Crippen LogP contribution is 2.35. The summed E-state index contributed by atoms with van der Waals surface area (Å²) in [6.45, 7) is 4.16. The van der Waals surface area contributed by atoms with Crippen LogP contribution < -0.4 is 5.32 Å². The highest BCUT2D eigenvalue weighted by molar-refractivity contribution is 8.05. The number of nitrogens with zero attached hydrogens (tertiary/aromatic N) is 3. The number of thioether (sulfide) groups is 1. The van der Waals surface area contributed by atoms with E-state index in [4.69, 9.17) is 16.4 Å². The van der Waals surface area contributed by atoms with Gasteiger partial charge in [0.1, 0.15) is 5.84 Å². The second kappa shape index (κ2) is 7.79. The summed E-state index contributed by atoms with van der Waals surface area (Å²) in [7, 11) is 2.06. The number of likely N-dealkylation sites (N-methyl/N-ethyl adjacent to an activating group) is 1. The van der Waals surface area contributed by atoms with Gasteiger partial charge < -0.3 is 15.1 Å². The number of benzene rings is 1. The van der Waals surface area contributed by atoms with Crippen LogP contribution in [0.3, 0.4) is 0 Å². The second-order valence-corrected chi connectivity index (χ2v) is 9.51. The first-order chi connectivity index (χ1) is 13.4. The average Bonchev–Trinajstić information content (AvgIpc) is 3.41. The monoisotopic (exact) mass is 418 g/mol. The van der Waals surface area contributed by atoms with Gasteiger partial charge in [0.2, 0.25) is 0 Å².